The number of benzene rings is 2. The highest BCUT2D eigenvalue weighted by atomic mass is 32.2. The second-order valence-corrected chi connectivity index (χ2v) is 9.29. The van der Waals surface area contributed by atoms with E-state index >= 15 is 0 Å². The summed E-state index contributed by atoms with van der Waals surface area (Å²) in [7, 11) is -4.10. The molecule has 0 heterocycles. The van der Waals surface area contributed by atoms with E-state index in [1.54, 1.807) is 0 Å². The van der Waals surface area contributed by atoms with Crippen molar-refractivity contribution in [2.24, 2.45) is 0 Å². The van der Waals surface area contributed by atoms with E-state index in [1.165, 1.54) is 13.0 Å². The van der Waals surface area contributed by atoms with Gasteiger partial charge in [-0.3, -0.25) is 4.79 Å². The van der Waals surface area contributed by atoms with Crippen LogP contribution in [0.15, 0.2) is 42.5 Å². The van der Waals surface area contributed by atoms with Crippen LogP contribution in [0.1, 0.15) is 29.2 Å². The highest BCUT2D eigenvalue weighted by molar-refractivity contribution is 7.91. The molecule has 1 amide bonds. The largest absolute Gasteiger partial charge is 0.417 e. The molecule has 33 heavy (non-hydrogen) atoms. The SMILES string of the molecule is CCS(=O)(=O)CC(O)(C(=O)Nc1ccc(C#N)c(C(F)(F)F)c1)c1ccc(C(F)(F)F)cc1. The summed E-state index contributed by atoms with van der Waals surface area (Å²) >= 11 is 0. The van der Waals surface area contributed by atoms with Gasteiger partial charge in [0.1, 0.15) is 0 Å². The summed E-state index contributed by atoms with van der Waals surface area (Å²) in [5.74, 6) is -3.26. The highest BCUT2D eigenvalue weighted by Gasteiger charge is 2.43. The molecule has 0 fully saturated rings. The van der Waals surface area contributed by atoms with Crippen molar-refractivity contribution in [3.8, 4) is 6.07 Å². The molecule has 178 valence electrons. The van der Waals surface area contributed by atoms with E-state index in [-0.39, 0.29) is 0 Å². The lowest BCUT2D eigenvalue weighted by molar-refractivity contribution is -0.138. The Morgan fingerprint density at radius 2 is 1.55 bits per heavy atom. The van der Waals surface area contributed by atoms with Gasteiger partial charge in [-0.1, -0.05) is 19.1 Å². The number of halogens is 6. The van der Waals surface area contributed by atoms with Crippen molar-refractivity contribution in [1.29, 1.82) is 5.26 Å². The molecule has 0 aliphatic rings. The predicted molar refractivity (Wildman–Crippen MR) is 104 cm³/mol. The number of anilines is 1. The van der Waals surface area contributed by atoms with Crippen molar-refractivity contribution in [3.05, 3.63) is 64.7 Å². The minimum Gasteiger partial charge on any atom is -0.374 e. The van der Waals surface area contributed by atoms with E-state index in [0.29, 0.717) is 30.3 Å². The minimum atomic E-state index is -4.96. The number of sulfone groups is 1. The monoisotopic (exact) mass is 494 g/mol. The molecule has 0 aliphatic heterocycles. The Bertz CT molecular complexity index is 1190. The summed E-state index contributed by atoms with van der Waals surface area (Å²) in [4.78, 5) is 12.8. The Balaban J connectivity index is 2.53. The van der Waals surface area contributed by atoms with Crippen LogP contribution in [0.5, 0.6) is 0 Å². The first kappa shape index (κ1) is 26.1. The molecule has 0 saturated carbocycles. The number of aliphatic hydroxyl groups is 1. The molecule has 13 heteroatoms. The van der Waals surface area contributed by atoms with Gasteiger partial charge in [0.05, 0.1) is 28.5 Å². The molecule has 1 unspecified atom stereocenters. The highest BCUT2D eigenvalue weighted by Crippen LogP contribution is 2.35. The van der Waals surface area contributed by atoms with Crippen LogP contribution in [0.4, 0.5) is 32.0 Å². The van der Waals surface area contributed by atoms with Crippen LogP contribution in [0.3, 0.4) is 0 Å². The second-order valence-electron chi connectivity index (χ2n) is 6.94. The van der Waals surface area contributed by atoms with Crippen LogP contribution in [-0.4, -0.2) is 30.9 Å². The molecule has 2 rings (SSSR count). The standard InChI is InChI=1S/C20H16F6N2O4S/c1-2-33(31,32)11-18(30,13-4-6-14(7-5-13)19(21,22)23)17(29)28-15-8-3-12(10-27)16(9-15)20(24,25)26/h3-9,30H,2,11H2,1H3,(H,28,29). The minimum absolute atomic E-state index is 0.415. The Hall–Kier alpha value is -3.11. The molecule has 6 nitrogen and oxygen atoms in total. The molecule has 2 aromatic carbocycles. The van der Waals surface area contributed by atoms with Gasteiger partial charge in [0.25, 0.3) is 5.91 Å². The van der Waals surface area contributed by atoms with Crippen molar-refractivity contribution in [2.45, 2.75) is 24.9 Å². The second kappa shape index (κ2) is 9.03. The molecule has 1 atom stereocenters. The lowest BCUT2D eigenvalue weighted by Gasteiger charge is -2.27. The average molecular weight is 494 g/mol. The fourth-order valence-corrected chi connectivity index (χ4v) is 3.96. The Morgan fingerprint density at radius 1 is 1.00 bits per heavy atom. The van der Waals surface area contributed by atoms with Crippen LogP contribution in [0.25, 0.3) is 0 Å². The summed E-state index contributed by atoms with van der Waals surface area (Å²) in [5, 5.41) is 21.7. The van der Waals surface area contributed by atoms with Crippen molar-refractivity contribution < 1.29 is 44.7 Å². The number of hydrogen-bond acceptors (Lipinski definition) is 5. The van der Waals surface area contributed by atoms with E-state index in [0.717, 1.165) is 12.1 Å². The van der Waals surface area contributed by atoms with Gasteiger partial charge < -0.3 is 10.4 Å². The summed E-state index contributed by atoms with van der Waals surface area (Å²) in [5.41, 5.74) is -7.23. The van der Waals surface area contributed by atoms with Crippen molar-refractivity contribution >= 4 is 21.4 Å². The summed E-state index contributed by atoms with van der Waals surface area (Å²) in [6.45, 7) is 1.20. The van der Waals surface area contributed by atoms with Gasteiger partial charge in [-0.15, -0.1) is 0 Å². The number of rotatable bonds is 6. The first-order chi connectivity index (χ1) is 15.0. The summed E-state index contributed by atoms with van der Waals surface area (Å²) < 4.78 is 102. The topological polar surface area (TPSA) is 107 Å². The zero-order chi connectivity index (χ0) is 25.2. The number of amides is 1. The molecule has 0 radical (unpaired) electrons. The van der Waals surface area contributed by atoms with Gasteiger partial charge in [0, 0.05) is 11.4 Å². The van der Waals surface area contributed by atoms with Gasteiger partial charge in [-0.2, -0.15) is 31.6 Å². The smallest absolute Gasteiger partial charge is 0.374 e. The molecule has 0 saturated heterocycles. The number of hydrogen-bond donors (Lipinski definition) is 2. The van der Waals surface area contributed by atoms with E-state index in [4.69, 9.17) is 5.26 Å². The fourth-order valence-electron chi connectivity index (χ4n) is 2.82. The molecule has 0 aliphatic carbocycles. The zero-order valence-electron chi connectivity index (χ0n) is 16.8. The molecular formula is C20H16F6N2O4S. The van der Waals surface area contributed by atoms with Crippen LogP contribution in [-0.2, 0) is 32.6 Å². The lowest BCUT2D eigenvalue weighted by atomic mass is 9.93. The number of carbonyl (C=O) groups excluding carboxylic acids is 1. The quantitative estimate of drug-likeness (QED) is 0.594. The third-order valence-corrected chi connectivity index (χ3v) is 6.37. The number of alkyl halides is 6. The maximum absolute atomic E-state index is 13.2. The van der Waals surface area contributed by atoms with Gasteiger partial charge >= 0.3 is 12.4 Å². The molecule has 0 aromatic heterocycles. The van der Waals surface area contributed by atoms with E-state index in [1.807, 2.05) is 5.32 Å². The van der Waals surface area contributed by atoms with Crippen molar-refractivity contribution in [1.82, 2.24) is 0 Å². The first-order valence-corrected chi connectivity index (χ1v) is 10.9. The third kappa shape index (κ3) is 6.02. The van der Waals surface area contributed by atoms with Gasteiger partial charge in [-0.25, -0.2) is 8.42 Å². The Kier molecular flexibility index (Phi) is 7.15. The van der Waals surface area contributed by atoms with Gasteiger partial charge in [0.15, 0.2) is 15.4 Å². The molecule has 2 aromatic rings. The van der Waals surface area contributed by atoms with Crippen molar-refractivity contribution in [2.75, 3.05) is 16.8 Å². The number of nitriles is 1. The zero-order valence-corrected chi connectivity index (χ0v) is 17.6. The first-order valence-electron chi connectivity index (χ1n) is 9.07. The van der Waals surface area contributed by atoms with E-state index in [9.17, 15) is 44.7 Å². The number of carbonyl (C=O) groups is 1. The average Bonchev–Trinajstić information content (AvgIpc) is 2.72. The Morgan fingerprint density at radius 3 is 2.00 bits per heavy atom. The van der Waals surface area contributed by atoms with Crippen LogP contribution >= 0.6 is 0 Å². The van der Waals surface area contributed by atoms with Gasteiger partial charge in [0.2, 0.25) is 0 Å². The summed E-state index contributed by atoms with van der Waals surface area (Å²) in [6.07, 6.45) is -9.70. The lowest BCUT2D eigenvalue weighted by Crippen LogP contribution is -2.46. The van der Waals surface area contributed by atoms with Crippen molar-refractivity contribution in [3.63, 3.8) is 0 Å². The van der Waals surface area contributed by atoms with Gasteiger partial charge in [-0.05, 0) is 35.9 Å². The van der Waals surface area contributed by atoms with E-state index < -0.39 is 73.1 Å². The van der Waals surface area contributed by atoms with Crippen LogP contribution < -0.4 is 5.32 Å². The number of nitrogens with one attached hydrogen (secondary N) is 1. The summed E-state index contributed by atoms with van der Waals surface area (Å²) in [6, 6.07) is 5.89. The third-order valence-electron chi connectivity index (χ3n) is 4.64. The normalized spacial score (nSPS) is 14.3. The fraction of sp³-hybridized carbons (Fsp3) is 0.300. The molecular weight excluding hydrogens is 478 g/mol. The molecule has 2 N–H and O–H groups in total. The number of nitrogens with zero attached hydrogens (tertiary/aromatic N) is 1. The van der Waals surface area contributed by atoms with Crippen LogP contribution in [0, 0.1) is 11.3 Å². The predicted octanol–water partition coefficient (Wildman–Crippen LogP) is 3.86. The maximum Gasteiger partial charge on any atom is 0.417 e. The molecule has 0 spiro atoms. The van der Waals surface area contributed by atoms with E-state index in [2.05, 4.69) is 0 Å². The molecule has 0 bridgehead atoms. The Labute approximate surface area is 184 Å². The van der Waals surface area contributed by atoms with Crippen LogP contribution in [0.2, 0.25) is 0 Å². The maximum atomic E-state index is 13.2.